The molecule has 1 fully saturated rings. The van der Waals surface area contributed by atoms with E-state index in [2.05, 4.69) is 33.3 Å². The van der Waals surface area contributed by atoms with Crippen molar-refractivity contribution in [3.05, 3.63) is 21.0 Å². The maximum Gasteiger partial charge on any atom is 0.282 e. The predicted molar refractivity (Wildman–Crippen MR) is 76.8 cm³/mol. The molecule has 1 aliphatic rings. The predicted octanol–water partition coefficient (Wildman–Crippen LogP) is 2.78. The monoisotopic (exact) mass is 313 g/mol. The highest BCUT2D eigenvalue weighted by atomic mass is 79.9. The van der Waals surface area contributed by atoms with Gasteiger partial charge in [-0.2, -0.15) is 5.10 Å². The minimum absolute atomic E-state index is 0.0998. The fraction of sp³-hybridized carbons (Fsp3) is 0.692. The molecule has 1 heterocycles. The first-order chi connectivity index (χ1) is 8.58. The molecule has 18 heavy (non-hydrogen) atoms. The Kier molecular flexibility index (Phi) is 4.43. The first kappa shape index (κ1) is 13.6. The minimum atomic E-state index is -0.0998. The molecule has 1 aromatic heterocycles. The van der Waals surface area contributed by atoms with Crippen molar-refractivity contribution in [3.63, 3.8) is 0 Å². The molecule has 0 atom stereocenters. The summed E-state index contributed by atoms with van der Waals surface area (Å²) in [6.07, 6.45) is 6.91. The van der Waals surface area contributed by atoms with Gasteiger partial charge in [0.25, 0.3) is 5.56 Å². The lowest BCUT2D eigenvalue weighted by molar-refractivity contribution is 0.300. The summed E-state index contributed by atoms with van der Waals surface area (Å²) in [5.41, 5.74) is 0.703. The summed E-state index contributed by atoms with van der Waals surface area (Å²) >= 11 is 3.33. The molecule has 0 aliphatic heterocycles. The lowest BCUT2D eigenvalue weighted by Crippen LogP contribution is -2.24. The normalized spacial score (nSPS) is 23.9. The van der Waals surface area contributed by atoms with Crippen LogP contribution in [0.4, 0.5) is 5.69 Å². The number of hydrogen-bond donors (Lipinski definition) is 1. The Morgan fingerprint density at radius 1 is 1.44 bits per heavy atom. The van der Waals surface area contributed by atoms with Gasteiger partial charge in [0.15, 0.2) is 0 Å². The molecular weight excluding hydrogens is 294 g/mol. The highest BCUT2D eigenvalue weighted by molar-refractivity contribution is 9.10. The molecule has 0 amide bonds. The summed E-state index contributed by atoms with van der Waals surface area (Å²) in [4.78, 5) is 11.7. The molecule has 0 aromatic carbocycles. The van der Waals surface area contributed by atoms with Crippen LogP contribution in [-0.2, 0) is 7.05 Å². The third kappa shape index (κ3) is 3.13. The summed E-state index contributed by atoms with van der Waals surface area (Å²) < 4.78 is 1.90. The SMILES string of the molecule is CC1CCC(CNc2cnn(C)c(=O)c2Br)CC1. The van der Waals surface area contributed by atoms with Crippen LogP contribution >= 0.6 is 15.9 Å². The molecule has 100 valence electrons. The first-order valence-corrected chi connectivity index (χ1v) is 7.33. The number of rotatable bonds is 3. The van der Waals surface area contributed by atoms with Crippen molar-refractivity contribution in [3.8, 4) is 0 Å². The number of halogens is 1. The Morgan fingerprint density at radius 2 is 2.11 bits per heavy atom. The fourth-order valence-electron chi connectivity index (χ4n) is 2.42. The van der Waals surface area contributed by atoms with Crippen LogP contribution in [0, 0.1) is 11.8 Å². The second-order valence-electron chi connectivity index (χ2n) is 5.31. The summed E-state index contributed by atoms with van der Waals surface area (Å²) in [6.45, 7) is 3.26. The van der Waals surface area contributed by atoms with Gasteiger partial charge in [-0.3, -0.25) is 4.79 Å². The molecule has 5 heteroatoms. The number of aryl methyl sites for hydroxylation is 1. The summed E-state index contributed by atoms with van der Waals surface area (Å²) in [5.74, 6) is 1.59. The van der Waals surface area contributed by atoms with Gasteiger partial charge in [0.05, 0.1) is 11.9 Å². The maximum atomic E-state index is 11.7. The molecule has 1 aliphatic carbocycles. The van der Waals surface area contributed by atoms with Gasteiger partial charge in [-0.25, -0.2) is 4.68 Å². The highest BCUT2D eigenvalue weighted by Crippen LogP contribution is 2.28. The number of hydrogen-bond acceptors (Lipinski definition) is 3. The standard InChI is InChI=1S/C13H20BrN3O/c1-9-3-5-10(6-4-9)7-15-11-8-16-17(2)13(18)12(11)14/h8-10,15H,3-7H2,1-2H3. The number of nitrogens with one attached hydrogen (secondary N) is 1. The number of aromatic nitrogens is 2. The van der Waals surface area contributed by atoms with Crippen LogP contribution in [0.5, 0.6) is 0 Å². The average Bonchev–Trinajstić information content (AvgIpc) is 2.37. The Morgan fingerprint density at radius 3 is 2.78 bits per heavy atom. The largest absolute Gasteiger partial charge is 0.382 e. The van der Waals surface area contributed by atoms with Crippen LogP contribution in [0.15, 0.2) is 15.5 Å². The van der Waals surface area contributed by atoms with Crippen molar-refractivity contribution >= 4 is 21.6 Å². The molecule has 1 aromatic rings. The molecule has 1 saturated carbocycles. The maximum absolute atomic E-state index is 11.7. The zero-order valence-electron chi connectivity index (χ0n) is 10.9. The zero-order valence-corrected chi connectivity index (χ0v) is 12.5. The lowest BCUT2D eigenvalue weighted by Gasteiger charge is -2.26. The van der Waals surface area contributed by atoms with E-state index in [-0.39, 0.29) is 5.56 Å². The number of nitrogens with zero attached hydrogens (tertiary/aromatic N) is 2. The van der Waals surface area contributed by atoms with E-state index < -0.39 is 0 Å². The van der Waals surface area contributed by atoms with Crippen LogP contribution in [0.25, 0.3) is 0 Å². The molecular formula is C13H20BrN3O. The topological polar surface area (TPSA) is 46.9 Å². The van der Waals surface area contributed by atoms with Crippen LogP contribution in [0.1, 0.15) is 32.6 Å². The smallest absolute Gasteiger partial charge is 0.282 e. The van der Waals surface area contributed by atoms with Crippen LogP contribution in [0.3, 0.4) is 0 Å². The first-order valence-electron chi connectivity index (χ1n) is 6.53. The molecule has 1 N–H and O–H groups in total. The Hall–Kier alpha value is -0.840. The van der Waals surface area contributed by atoms with Crippen molar-refractivity contribution in [1.29, 1.82) is 0 Å². The quantitative estimate of drug-likeness (QED) is 0.933. The van der Waals surface area contributed by atoms with Gasteiger partial charge in [-0.1, -0.05) is 19.8 Å². The van der Waals surface area contributed by atoms with Gasteiger partial charge < -0.3 is 5.32 Å². The lowest BCUT2D eigenvalue weighted by atomic mass is 9.83. The van der Waals surface area contributed by atoms with Crippen molar-refractivity contribution in [2.75, 3.05) is 11.9 Å². The Balaban J connectivity index is 1.94. The zero-order chi connectivity index (χ0) is 13.1. The third-order valence-electron chi connectivity index (χ3n) is 3.79. The minimum Gasteiger partial charge on any atom is -0.382 e. The average molecular weight is 314 g/mol. The van der Waals surface area contributed by atoms with Gasteiger partial charge in [0.1, 0.15) is 4.47 Å². The molecule has 0 bridgehead atoms. The van der Waals surface area contributed by atoms with Crippen molar-refractivity contribution in [1.82, 2.24) is 9.78 Å². The summed E-state index contributed by atoms with van der Waals surface area (Å²) in [6, 6.07) is 0. The van der Waals surface area contributed by atoms with Gasteiger partial charge >= 0.3 is 0 Å². The molecule has 4 nitrogen and oxygen atoms in total. The summed E-state index contributed by atoms with van der Waals surface area (Å²) in [7, 11) is 1.65. The van der Waals surface area contributed by atoms with Gasteiger partial charge in [-0.15, -0.1) is 0 Å². The van der Waals surface area contributed by atoms with Crippen molar-refractivity contribution in [2.24, 2.45) is 18.9 Å². The van der Waals surface area contributed by atoms with Crippen LogP contribution in [-0.4, -0.2) is 16.3 Å². The van der Waals surface area contributed by atoms with E-state index in [1.165, 1.54) is 30.4 Å². The fourth-order valence-corrected chi connectivity index (χ4v) is 2.92. The van der Waals surface area contributed by atoms with E-state index in [9.17, 15) is 4.79 Å². The molecule has 0 saturated heterocycles. The molecule has 0 radical (unpaired) electrons. The van der Waals surface area contributed by atoms with E-state index in [1.54, 1.807) is 13.2 Å². The van der Waals surface area contributed by atoms with E-state index in [0.717, 1.165) is 24.1 Å². The highest BCUT2D eigenvalue weighted by Gasteiger charge is 2.18. The number of anilines is 1. The van der Waals surface area contributed by atoms with E-state index in [0.29, 0.717) is 4.47 Å². The van der Waals surface area contributed by atoms with Gasteiger partial charge in [0.2, 0.25) is 0 Å². The van der Waals surface area contributed by atoms with Crippen molar-refractivity contribution in [2.45, 2.75) is 32.6 Å². The molecule has 0 unspecified atom stereocenters. The second kappa shape index (κ2) is 5.87. The third-order valence-corrected chi connectivity index (χ3v) is 4.56. The van der Waals surface area contributed by atoms with Crippen LogP contribution < -0.4 is 10.9 Å². The Bertz CT molecular complexity index is 464. The summed E-state index contributed by atoms with van der Waals surface area (Å²) in [5, 5.41) is 7.37. The van der Waals surface area contributed by atoms with E-state index in [4.69, 9.17) is 0 Å². The van der Waals surface area contributed by atoms with Gasteiger partial charge in [0, 0.05) is 13.6 Å². The van der Waals surface area contributed by atoms with Gasteiger partial charge in [-0.05, 0) is 40.6 Å². The Labute approximate surface area is 116 Å². The van der Waals surface area contributed by atoms with E-state index >= 15 is 0 Å². The van der Waals surface area contributed by atoms with Crippen LogP contribution in [0.2, 0.25) is 0 Å². The van der Waals surface area contributed by atoms with E-state index in [1.807, 2.05) is 0 Å². The van der Waals surface area contributed by atoms with Crippen molar-refractivity contribution < 1.29 is 0 Å². The molecule has 0 spiro atoms. The second-order valence-corrected chi connectivity index (χ2v) is 6.10. The molecule has 2 rings (SSSR count).